The van der Waals surface area contributed by atoms with Crippen LogP contribution in [0, 0.1) is 5.92 Å². The van der Waals surface area contributed by atoms with Gasteiger partial charge in [-0.25, -0.2) is 21.6 Å². The van der Waals surface area contributed by atoms with Crippen molar-refractivity contribution >= 4 is 31.5 Å². The second-order valence-corrected chi connectivity index (χ2v) is 9.31. The summed E-state index contributed by atoms with van der Waals surface area (Å²) in [6.45, 7) is 0. The monoisotopic (exact) mass is 317 g/mol. The Balaban J connectivity index is 2.58. The summed E-state index contributed by atoms with van der Waals surface area (Å²) < 4.78 is 48.1. The van der Waals surface area contributed by atoms with Crippen LogP contribution in [-0.4, -0.2) is 46.5 Å². The Morgan fingerprint density at radius 3 is 2.28 bits per heavy atom. The molecule has 1 saturated carbocycles. The van der Waals surface area contributed by atoms with Gasteiger partial charge in [-0.15, -0.1) is 11.6 Å². The quantitative estimate of drug-likeness (QED) is 0.733. The molecule has 1 aliphatic rings. The van der Waals surface area contributed by atoms with Crippen LogP contribution in [-0.2, 0) is 19.9 Å². The minimum atomic E-state index is -3.55. The van der Waals surface area contributed by atoms with Gasteiger partial charge in [-0.2, -0.15) is 0 Å². The number of hydrogen-bond acceptors (Lipinski definition) is 4. The highest BCUT2D eigenvalue weighted by Gasteiger charge is 2.28. The van der Waals surface area contributed by atoms with E-state index in [9.17, 15) is 16.8 Å². The summed E-state index contributed by atoms with van der Waals surface area (Å²) in [7, 11) is -6.81. The first-order valence-corrected chi connectivity index (χ1v) is 10.2. The molecule has 18 heavy (non-hydrogen) atoms. The van der Waals surface area contributed by atoms with Crippen LogP contribution < -0.4 is 4.72 Å². The van der Waals surface area contributed by atoms with Crippen molar-refractivity contribution in [3.63, 3.8) is 0 Å². The summed E-state index contributed by atoms with van der Waals surface area (Å²) in [5.74, 6) is -0.148. The maximum atomic E-state index is 11.8. The van der Waals surface area contributed by atoms with E-state index in [1.165, 1.54) is 0 Å². The Bertz CT molecular complexity index is 460. The van der Waals surface area contributed by atoms with Crippen LogP contribution in [0.3, 0.4) is 0 Å². The molecule has 8 heteroatoms. The van der Waals surface area contributed by atoms with Gasteiger partial charge in [0.1, 0.15) is 9.84 Å². The molecule has 1 fully saturated rings. The SMILES string of the molecule is CS(=O)(=O)CCS(=O)(=O)NC1CCCCC1CCl. The van der Waals surface area contributed by atoms with E-state index in [2.05, 4.69) is 4.72 Å². The third kappa shape index (κ3) is 5.86. The molecule has 1 rings (SSSR count). The number of nitrogens with one attached hydrogen (secondary N) is 1. The second-order valence-electron chi connectivity index (χ2n) is 4.87. The summed E-state index contributed by atoms with van der Waals surface area (Å²) in [6, 6.07) is -0.152. The Morgan fingerprint density at radius 2 is 1.72 bits per heavy atom. The lowest BCUT2D eigenvalue weighted by molar-refractivity contribution is 0.314. The van der Waals surface area contributed by atoms with E-state index in [0.717, 1.165) is 31.9 Å². The molecule has 1 N–H and O–H groups in total. The van der Waals surface area contributed by atoms with E-state index in [1.54, 1.807) is 0 Å². The fraction of sp³-hybridized carbons (Fsp3) is 1.00. The normalized spacial score (nSPS) is 26.1. The van der Waals surface area contributed by atoms with E-state index in [4.69, 9.17) is 11.6 Å². The predicted molar refractivity (Wildman–Crippen MR) is 73.1 cm³/mol. The molecule has 0 aliphatic heterocycles. The lowest BCUT2D eigenvalue weighted by Crippen LogP contribution is -2.44. The van der Waals surface area contributed by atoms with Crippen molar-refractivity contribution in [1.29, 1.82) is 0 Å². The molecule has 0 amide bonds. The highest BCUT2D eigenvalue weighted by molar-refractivity contribution is 7.93. The van der Waals surface area contributed by atoms with Gasteiger partial charge in [0.15, 0.2) is 0 Å². The van der Waals surface area contributed by atoms with Crippen molar-refractivity contribution < 1.29 is 16.8 Å². The molecule has 2 atom stereocenters. The van der Waals surface area contributed by atoms with Crippen LogP contribution in [0.5, 0.6) is 0 Å². The van der Waals surface area contributed by atoms with Crippen LogP contribution in [0.15, 0.2) is 0 Å². The first-order chi connectivity index (χ1) is 8.23. The number of hydrogen-bond donors (Lipinski definition) is 1. The molecule has 2 unspecified atom stereocenters. The molecular weight excluding hydrogens is 298 g/mol. The van der Waals surface area contributed by atoms with Gasteiger partial charge >= 0.3 is 0 Å². The van der Waals surface area contributed by atoms with Gasteiger partial charge in [0.05, 0.1) is 11.5 Å². The molecule has 108 valence electrons. The van der Waals surface area contributed by atoms with E-state index in [1.807, 2.05) is 0 Å². The molecular formula is C10H20ClNO4S2. The number of halogens is 1. The van der Waals surface area contributed by atoms with Gasteiger partial charge in [0.25, 0.3) is 0 Å². The number of sulfonamides is 1. The first kappa shape index (κ1) is 16.2. The van der Waals surface area contributed by atoms with Crippen molar-refractivity contribution in [2.75, 3.05) is 23.6 Å². The zero-order chi connectivity index (χ0) is 13.8. The molecule has 0 aromatic carbocycles. The van der Waals surface area contributed by atoms with Gasteiger partial charge in [0, 0.05) is 18.2 Å². The molecule has 0 heterocycles. The number of rotatable bonds is 6. The topological polar surface area (TPSA) is 80.3 Å². The summed E-state index contributed by atoms with van der Waals surface area (Å²) in [4.78, 5) is 0. The summed E-state index contributed by atoms with van der Waals surface area (Å²) in [5.41, 5.74) is 0. The minimum Gasteiger partial charge on any atom is -0.229 e. The standard InChI is InChI=1S/C10H20ClNO4S2/c1-17(13,14)6-7-18(15,16)12-10-5-3-2-4-9(10)8-11/h9-10,12H,2-8H2,1H3. The van der Waals surface area contributed by atoms with Crippen molar-refractivity contribution in [2.45, 2.75) is 31.7 Å². The minimum absolute atomic E-state index is 0.147. The van der Waals surface area contributed by atoms with Crippen LogP contribution in [0.4, 0.5) is 0 Å². The van der Waals surface area contributed by atoms with Gasteiger partial charge in [-0.3, -0.25) is 0 Å². The van der Waals surface area contributed by atoms with Gasteiger partial charge < -0.3 is 0 Å². The van der Waals surface area contributed by atoms with Crippen molar-refractivity contribution in [3.8, 4) is 0 Å². The first-order valence-electron chi connectivity index (χ1n) is 5.97. The molecule has 5 nitrogen and oxygen atoms in total. The largest absolute Gasteiger partial charge is 0.229 e. The predicted octanol–water partition coefficient (Wildman–Crippen LogP) is 0.748. The number of sulfone groups is 1. The third-order valence-electron chi connectivity index (χ3n) is 3.16. The maximum absolute atomic E-state index is 11.8. The fourth-order valence-corrected chi connectivity index (χ4v) is 5.45. The van der Waals surface area contributed by atoms with Crippen LogP contribution >= 0.6 is 11.6 Å². The summed E-state index contributed by atoms with van der Waals surface area (Å²) in [6.07, 6.45) is 4.77. The van der Waals surface area contributed by atoms with Gasteiger partial charge in [-0.05, 0) is 18.8 Å². The van der Waals surface area contributed by atoms with Gasteiger partial charge in [0.2, 0.25) is 10.0 Å². The van der Waals surface area contributed by atoms with Crippen LogP contribution in [0.1, 0.15) is 25.7 Å². The Labute approximate surface area is 114 Å². The lowest BCUT2D eigenvalue weighted by atomic mass is 9.86. The Hall–Kier alpha value is 0.150. The van der Waals surface area contributed by atoms with E-state index in [0.29, 0.717) is 5.88 Å². The van der Waals surface area contributed by atoms with Crippen LogP contribution in [0.25, 0.3) is 0 Å². The molecule has 0 bridgehead atoms. The molecule has 0 radical (unpaired) electrons. The zero-order valence-corrected chi connectivity index (χ0v) is 12.8. The summed E-state index contributed by atoms with van der Waals surface area (Å²) in [5, 5.41) is 0. The number of alkyl halides is 1. The lowest BCUT2D eigenvalue weighted by Gasteiger charge is -2.30. The van der Waals surface area contributed by atoms with Gasteiger partial charge in [-0.1, -0.05) is 12.8 Å². The second kappa shape index (κ2) is 6.54. The molecule has 0 aromatic heterocycles. The Kier molecular flexibility index (Phi) is 5.89. The average molecular weight is 318 g/mol. The summed E-state index contributed by atoms with van der Waals surface area (Å²) >= 11 is 5.82. The highest BCUT2D eigenvalue weighted by Crippen LogP contribution is 2.25. The van der Waals surface area contributed by atoms with E-state index < -0.39 is 19.9 Å². The Morgan fingerprint density at radius 1 is 1.11 bits per heavy atom. The van der Waals surface area contributed by atoms with E-state index >= 15 is 0 Å². The van der Waals surface area contributed by atoms with E-state index in [-0.39, 0.29) is 23.5 Å². The van der Waals surface area contributed by atoms with Crippen molar-refractivity contribution in [2.24, 2.45) is 5.92 Å². The molecule has 0 aromatic rings. The maximum Gasteiger partial charge on any atom is 0.212 e. The molecule has 0 spiro atoms. The molecule has 0 saturated heterocycles. The van der Waals surface area contributed by atoms with Crippen LogP contribution in [0.2, 0.25) is 0 Å². The average Bonchev–Trinajstić information content (AvgIpc) is 2.26. The smallest absolute Gasteiger partial charge is 0.212 e. The fourth-order valence-electron chi connectivity index (χ4n) is 2.10. The third-order valence-corrected chi connectivity index (χ3v) is 6.17. The molecule has 1 aliphatic carbocycles. The van der Waals surface area contributed by atoms with Crippen molar-refractivity contribution in [3.05, 3.63) is 0 Å². The zero-order valence-electron chi connectivity index (χ0n) is 10.4. The highest BCUT2D eigenvalue weighted by atomic mass is 35.5. The van der Waals surface area contributed by atoms with Crippen molar-refractivity contribution in [1.82, 2.24) is 4.72 Å².